The van der Waals surface area contributed by atoms with Crippen molar-refractivity contribution in [2.24, 2.45) is 0 Å². The minimum absolute atomic E-state index is 0.103. The van der Waals surface area contributed by atoms with Gasteiger partial charge in [0, 0.05) is 5.56 Å². The number of ketones is 1. The van der Waals surface area contributed by atoms with Gasteiger partial charge in [0.25, 0.3) is 0 Å². The monoisotopic (exact) mass is 180 g/mol. The molecule has 0 N–H and O–H groups in total. The SMILES string of the molecule is CC(=O)c1ccc(C(C)C)c(F)c1. The van der Waals surface area contributed by atoms with Crippen LogP contribution < -0.4 is 0 Å². The van der Waals surface area contributed by atoms with Crippen molar-refractivity contribution in [1.82, 2.24) is 0 Å². The largest absolute Gasteiger partial charge is 0.295 e. The molecule has 0 aromatic heterocycles. The molecule has 0 amide bonds. The molecule has 0 saturated carbocycles. The molecular formula is C11H13FO. The Balaban J connectivity index is 3.13. The minimum Gasteiger partial charge on any atom is -0.295 e. The van der Waals surface area contributed by atoms with E-state index in [-0.39, 0.29) is 17.5 Å². The zero-order valence-electron chi connectivity index (χ0n) is 8.10. The second-order valence-corrected chi connectivity index (χ2v) is 3.45. The van der Waals surface area contributed by atoms with Gasteiger partial charge in [-0.3, -0.25) is 4.79 Å². The molecule has 0 radical (unpaired) electrons. The minimum atomic E-state index is -0.289. The van der Waals surface area contributed by atoms with Gasteiger partial charge in [0.1, 0.15) is 5.82 Å². The van der Waals surface area contributed by atoms with Crippen molar-refractivity contribution in [1.29, 1.82) is 0 Å². The average molecular weight is 180 g/mol. The lowest BCUT2D eigenvalue weighted by Crippen LogP contribution is -1.98. The molecule has 0 saturated heterocycles. The van der Waals surface area contributed by atoms with E-state index >= 15 is 0 Å². The summed E-state index contributed by atoms with van der Waals surface area (Å²) in [6, 6.07) is 4.65. The van der Waals surface area contributed by atoms with E-state index < -0.39 is 0 Å². The van der Waals surface area contributed by atoms with E-state index in [9.17, 15) is 9.18 Å². The Labute approximate surface area is 77.6 Å². The number of halogens is 1. The lowest BCUT2D eigenvalue weighted by atomic mass is 10.00. The van der Waals surface area contributed by atoms with Crippen LogP contribution in [0.15, 0.2) is 18.2 Å². The Kier molecular flexibility index (Phi) is 2.81. The van der Waals surface area contributed by atoms with Gasteiger partial charge in [-0.05, 0) is 24.5 Å². The summed E-state index contributed by atoms with van der Waals surface area (Å²) in [5, 5.41) is 0. The standard InChI is InChI=1S/C11H13FO/c1-7(2)10-5-4-9(8(3)13)6-11(10)12/h4-7H,1-3H3. The Bertz CT molecular complexity index is 329. The van der Waals surface area contributed by atoms with E-state index in [2.05, 4.69) is 0 Å². The highest BCUT2D eigenvalue weighted by Gasteiger charge is 2.08. The highest BCUT2D eigenvalue weighted by molar-refractivity contribution is 5.94. The molecule has 1 nitrogen and oxygen atoms in total. The van der Waals surface area contributed by atoms with Gasteiger partial charge in [0.15, 0.2) is 5.78 Å². The van der Waals surface area contributed by atoms with Gasteiger partial charge < -0.3 is 0 Å². The first-order chi connectivity index (χ1) is 6.02. The Morgan fingerprint density at radius 2 is 2.00 bits per heavy atom. The summed E-state index contributed by atoms with van der Waals surface area (Å²) in [5.74, 6) is -0.238. The summed E-state index contributed by atoms with van der Waals surface area (Å²) in [6.07, 6.45) is 0. The molecule has 0 aliphatic rings. The summed E-state index contributed by atoms with van der Waals surface area (Å²) < 4.78 is 13.3. The highest BCUT2D eigenvalue weighted by Crippen LogP contribution is 2.19. The molecule has 0 atom stereocenters. The van der Waals surface area contributed by atoms with E-state index in [1.807, 2.05) is 13.8 Å². The molecule has 1 aromatic rings. The van der Waals surface area contributed by atoms with Crippen LogP contribution in [0.2, 0.25) is 0 Å². The Morgan fingerprint density at radius 1 is 1.38 bits per heavy atom. The third-order valence-corrected chi connectivity index (χ3v) is 2.03. The lowest BCUT2D eigenvalue weighted by Gasteiger charge is -2.07. The van der Waals surface area contributed by atoms with Crippen LogP contribution in [0, 0.1) is 5.82 Å². The van der Waals surface area contributed by atoms with Crippen LogP contribution in [0.3, 0.4) is 0 Å². The number of hydrogen-bond acceptors (Lipinski definition) is 1. The summed E-state index contributed by atoms with van der Waals surface area (Å²) >= 11 is 0. The average Bonchev–Trinajstić information content (AvgIpc) is 2.03. The van der Waals surface area contributed by atoms with E-state index in [1.165, 1.54) is 13.0 Å². The normalized spacial score (nSPS) is 10.5. The first kappa shape index (κ1) is 9.90. The molecule has 1 rings (SSSR count). The molecule has 0 aliphatic carbocycles. The van der Waals surface area contributed by atoms with Gasteiger partial charge in [-0.25, -0.2) is 4.39 Å². The highest BCUT2D eigenvalue weighted by atomic mass is 19.1. The van der Waals surface area contributed by atoms with Crippen molar-refractivity contribution in [2.75, 3.05) is 0 Å². The van der Waals surface area contributed by atoms with E-state index in [0.29, 0.717) is 11.1 Å². The Hall–Kier alpha value is -1.18. The van der Waals surface area contributed by atoms with Crippen LogP contribution in [0.4, 0.5) is 4.39 Å². The number of carbonyl (C=O) groups excluding carboxylic acids is 1. The van der Waals surface area contributed by atoms with Crippen molar-refractivity contribution in [3.63, 3.8) is 0 Å². The van der Waals surface area contributed by atoms with Crippen LogP contribution >= 0.6 is 0 Å². The molecule has 0 fully saturated rings. The first-order valence-electron chi connectivity index (χ1n) is 4.32. The summed E-state index contributed by atoms with van der Waals surface area (Å²) in [7, 11) is 0. The van der Waals surface area contributed by atoms with Gasteiger partial charge in [-0.2, -0.15) is 0 Å². The second-order valence-electron chi connectivity index (χ2n) is 3.45. The quantitative estimate of drug-likeness (QED) is 0.639. The van der Waals surface area contributed by atoms with E-state index in [4.69, 9.17) is 0 Å². The molecule has 70 valence electrons. The summed E-state index contributed by atoms with van der Waals surface area (Å²) in [5.41, 5.74) is 1.09. The fraction of sp³-hybridized carbons (Fsp3) is 0.364. The maximum Gasteiger partial charge on any atom is 0.159 e. The molecule has 0 aliphatic heterocycles. The van der Waals surface area contributed by atoms with Crippen molar-refractivity contribution in [3.8, 4) is 0 Å². The summed E-state index contributed by atoms with van der Waals surface area (Å²) in [4.78, 5) is 10.9. The molecule has 2 heteroatoms. The smallest absolute Gasteiger partial charge is 0.159 e. The maximum absolute atomic E-state index is 13.3. The van der Waals surface area contributed by atoms with Crippen LogP contribution in [-0.2, 0) is 0 Å². The molecule has 0 heterocycles. The zero-order valence-corrected chi connectivity index (χ0v) is 8.10. The van der Waals surface area contributed by atoms with Crippen molar-refractivity contribution in [2.45, 2.75) is 26.7 Å². The maximum atomic E-state index is 13.3. The van der Waals surface area contributed by atoms with Crippen molar-refractivity contribution >= 4 is 5.78 Å². The number of hydrogen-bond donors (Lipinski definition) is 0. The molecule has 0 bridgehead atoms. The van der Waals surface area contributed by atoms with Crippen molar-refractivity contribution < 1.29 is 9.18 Å². The van der Waals surface area contributed by atoms with Gasteiger partial charge in [-0.1, -0.05) is 26.0 Å². The topological polar surface area (TPSA) is 17.1 Å². The molecular weight excluding hydrogens is 167 g/mol. The molecule has 0 unspecified atom stereocenters. The summed E-state index contributed by atoms with van der Waals surface area (Å²) in [6.45, 7) is 5.28. The lowest BCUT2D eigenvalue weighted by molar-refractivity contribution is 0.101. The van der Waals surface area contributed by atoms with Crippen LogP contribution in [0.5, 0.6) is 0 Å². The zero-order chi connectivity index (χ0) is 10.0. The predicted molar refractivity (Wildman–Crippen MR) is 50.5 cm³/mol. The fourth-order valence-electron chi connectivity index (χ4n) is 1.21. The number of rotatable bonds is 2. The van der Waals surface area contributed by atoms with Gasteiger partial charge in [0.05, 0.1) is 0 Å². The van der Waals surface area contributed by atoms with E-state index in [1.54, 1.807) is 12.1 Å². The number of carbonyl (C=O) groups is 1. The molecule has 13 heavy (non-hydrogen) atoms. The van der Waals surface area contributed by atoms with Crippen LogP contribution in [0.25, 0.3) is 0 Å². The van der Waals surface area contributed by atoms with Gasteiger partial charge in [-0.15, -0.1) is 0 Å². The van der Waals surface area contributed by atoms with Crippen molar-refractivity contribution in [3.05, 3.63) is 35.1 Å². The van der Waals surface area contributed by atoms with Gasteiger partial charge in [0.2, 0.25) is 0 Å². The third kappa shape index (κ3) is 2.14. The fourth-order valence-corrected chi connectivity index (χ4v) is 1.21. The predicted octanol–water partition coefficient (Wildman–Crippen LogP) is 3.15. The number of Topliss-reactive ketones (excluding diaryl/α,β-unsaturated/α-hetero) is 1. The van der Waals surface area contributed by atoms with Crippen LogP contribution in [-0.4, -0.2) is 5.78 Å². The van der Waals surface area contributed by atoms with E-state index in [0.717, 1.165) is 0 Å². The first-order valence-corrected chi connectivity index (χ1v) is 4.32. The molecule has 0 spiro atoms. The third-order valence-electron chi connectivity index (χ3n) is 2.03. The second kappa shape index (κ2) is 3.69. The van der Waals surface area contributed by atoms with Crippen LogP contribution in [0.1, 0.15) is 42.6 Å². The van der Waals surface area contributed by atoms with Gasteiger partial charge >= 0.3 is 0 Å². The Morgan fingerprint density at radius 3 is 2.38 bits per heavy atom. The molecule has 1 aromatic carbocycles. The number of benzene rings is 1.